The van der Waals surface area contributed by atoms with Crippen LogP contribution < -0.4 is 14.4 Å². The van der Waals surface area contributed by atoms with Gasteiger partial charge in [0.25, 0.3) is 5.91 Å². The summed E-state index contributed by atoms with van der Waals surface area (Å²) in [6.07, 6.45) is 1.80. The summed E-state index contributed by atoms with van der Waals surface area (Å²) in [7, 11) is 1.63. The second-order valence-electron chi connectivity index (χ2n) is 5.70. The lowest BCUT2D eigenvalue weighted by Gasteiger charge is -2.17. The predicted molar refractivity (Wildman–Crippen MR) is 112 cm³/mol. The first kappa shape index (κ1) is 19.0. The van der Waals surface area contributed by atoms with Crippen LogP contribution in [0.4, 0.5) is 5.69 Å². The van der Waals surface area contributed by atoms with Crippen LogP contribution in [0, 0.1) is 0 Å². The summed E-state index contributed by atoms with van der Waals surface area (Å²) in [5.74, 6) is 2.25. The number of carbonyl (C=O) groups excluding carboxylic acids is 1. The molecular weight excluding hydrogens is 360 g/mol. The standard InChI is InChI=1S/C21H22N2O3S/c1-4-26-18-12-8-16(9-13-18)23-20(24)19(22-21(23)27-5-2)14-15-6-10-17(25-3)11-7-15/h6-14H,4-5H2,1-3H3/b19-14-. The summed E-state index contributed by atoms with van der Waals surface area (Å²) in [4.78, 5) is 19.2. The Hall–Kier alpha value is -2.73. The summed E-state index contributed by atoms with van der Waals surface area (Å²) in [5.41, 5.74) is 2.10. The van der Waals surface area contributed by atoms with Crippen molar-refractivity contribution in [2.75, 3.05) is 24.4 Å². The fraction of sp³-hybridized carbons (Fsp3) is 0.238. The highest BCUT2D eigenvalue weighted by Gasteiger charge is 2.31. The van der Waals surface area contributed by atoms with Crippen molar-refractivity contribution in [3.8, 4) is 11.5 Å². The Bertz CT molecular complexity index is 858. The van der Waals surface area contributed by atoms with Gasteiger partial charge in [0.15, 0.2) is 5.17 Å². The number of amidine groups is 1. The van der Waals surface area contributed by atoms with Gasteiger partial charge in [-0.15, -0.1) is 0 Å². The van der Waals surface area contributed by atoms with Crippen molar-refractivity contribution in [2.45, 2.75) is 13.8 Å². The molecular formula is C21H22N2O3S. The number of carbonyl (C=O) groups is 1. The molecule has 2 aromatic rings. The molecule has 0 saturated carbocycles. The molecule has 140 valence electrons. The van der Waals surface area contributed by atoms with E-state index >= 15 is 0 Å². The van der Waals surface area contributed by atoms with Crippen molar-refractivity contribution < 1.29 is 14.3 Å². The molecule has 1 aliphatic rings. The van der Waals surface area contributed by atoms with E-state index in [0.29, 0.717) is 17.5 Å². The molecule has 1 aliphatic heterocycles. The second-order valence-corrected chi connectivity index (χ2v) is 6.93. The Kier molecular flexibility index (Phi) is 6.19. The normalized spacial score (nSPS) is 15.2. The van der Waals surface area contributed by atoms with Crippen molar-refractivity contribution >= 4 is 34.6 Å². The maximum absolute atomic E-state index is 13.0. The smallest absolute Gasteiger partial charge is 0.283 e. The lowest BCUT2D eigenvalue weighted by Crippen LogP contribution is -2.30. The topological polar surface area (TPSA) is 51.1 Å². The molecule has 0 aromatic heterocycles. The highest BCUT2D eigenvalue weighted by atomic mass is 32.2. The van der Waals surface area contributed by atoms with Crippen LogP contribution in [0.25, 0.3) is 6.08 Å². The Labute approximate surface area is 163 Å². The molecule has 27 heavy (non-hydrogen) atoms. The number of aliphatic imine (C=N–C) groups is 1. The molecule has 2 aromatic carbocycles. The van der Waals surface area contributed by atoms with Gasteiger partial charge >= 0.3 is 0 Å². The molecule has 3 rings (SSSR count). The molecule has 0 fully saturated rings. The summed E-state index contributed by atoms with van der Waals surface area (Å²) in [5, 5.41) is 0.687. The van der Waals surface area contributed by atoms with Crippen LogP contribution in [0.2, 0.25) is 0 Å². The number of methoxy groups -OCH3 is 1. The minimum atomic E-state index is -0.133. The molecule has 0 saturated heterocycles. The maximum atomic E-state index is 13.0. The van der Waals surface area contributed by atoms with Gasteiger partial charge in [0.2, 0.25) is 0 Å². The Morgan fingerprint density at radius 1 is 1.04 bits per heavy atom. The third-order valence-corrected chi connectivity index (χ3v) is 4.75. The van der Waals surface area contributed by atoms with Gasteiger partial charge in [-0.05, 0) is 60.7 Å². The predicted octanol–water partition coefficient (Wildman–Crippen LogP) is 4.59. The molecule has 0 unspecified atom stereocenters. The van der Waals surface area contributed by atoms with Crippen molar-refractivity contribution in [1.82, 2.24) is 0 Å². The number of benzene rings is 2. The maximum Gasteiger partial charge on any atom is 0.283 e. The quantitative estimate of drug-likeness (QED) is 0.686. The minimum absolute atomic E-state index is 0.133. The Morgan fingerprint density at radius 2 is 1.70 bits per heavy atom. The number of hydrogen-bond acceptors (Lipinski definition) is 5. The summed E-state index contributed by atoms with van der Waals surface area (Å²) >= 11 is 1.54. The molecule has 0 aliphatic carbocycles. The molecule has 6 heteroatoms. The molecule has 1 amide bonds. The average molecular weight is 382 g/mol. The van der Waals surface area contributed by atoms with E-state index in [9.17, 15) is 4.79 Å². The van der Waals surface area contributed by atoms with Crippen LogP contribution in [-0.2, 0) is 4.79 Å². The van der Waals surface area contributed by atoms with Gasteiger partial charge in [-0.3, -0.25) is 9.69 Å². The van der Waals surface area contributed by atoms with E-state index in [1.807, 2.05) is 62.4 Å². The van der Waals surface area contributed by atoms with Gasteiger partial charge in [0.1, 0.15) is 17.2 Å². The highest BCUT2D eigenvalue weighted by Crippen LogP contribution is 2.30. The van der Waals surface area contributed by atoms with Gasteiger partial charge in [-0.2, -0.15) is 0 Å². The third kappa shape index (κ3) is 4.34. The SMILES string of the molecule is CCOc1ccc(N2C(=O)/C(=C/c3ccc(OC)cc3)N=C2SCC)cc1. The highest BCUT2D eigenvalue weighted by molar-refractivity contribution is 8.14. The molecule has 0 bridgehead atoms. The number of thioether (sulfide) groups is 1. The van der Waals surface area contributed by atoms with Crippen molar-refractivity contribution in [3.63, 3.8) is 0 Å². The van der Waals surface area contributed by atoms with Crippen LogP contribution in [0.15, 0.2) is 59.2 Å². The first-order valence-corrected chi connectivity index (χ1v) is 9.79. The largest absolute Gasteiger partial charge is 0.497 e. The first-order valence-electron chi connectivity index (χ1n) is 8.80. The van der Waals surface area contributed by atoms with Gasteiger partial charge in [0, 0.05) is 0 Å². The molecule has 0 atom stereocenters. The van der Waals surface area contributed by atoms with Crippen LogP contribution in [-0.4, -0.2) is 30.5 Å². The van der Waals surface area contributed by atoms with Crippen LogP contribution in [0.5, 0.6) is 11.5 Å². The van der Waals surface area contributed by atoms with E-state index in [1.54, 1.807) is 29.8 Å². The molecule has 0 radical (unpaired) electrons. The molecule has 0 spiro atoms. The van der Waals surface area contributed by atoms with Gasteiger partial charge in [-0.1, -0.05) is 30.8 Å². The van der Waals surface area contributed by atoms with Crippen LogP contribution >= 0.6 is 11.8 Å². The van der Waals surface area contributed by atoms with Crippen LogP contribution in [0.3, 0.4) is 0 Å². The molecule has 1 heterocycles. The Morgan fingerprint density at radius 3 is 2.30 bits per heavy atom. The molecule has 5 nitrogen and oxygen atoms in total. The van der Waals surface area contributed by atoms with Gasteiger partial charge < -0.3 is 9.47 Å². The number of anilines is 1. The number of hydrogen-bond donors (Lipinski definition) is 0. The zero-order valence-corrected chi connectivity index (χ0v) is 16.5. The Balaban J connectivity index is 1.89. The zero-order chi connectivity index (χ0) is 19.2. The summed E-state index contributed by atoms with van der Waals surface area (Å²) in [6.45, 7) is 4.59. The summed E-state index contributed by atoms with van der Waals surface area (Å²) < 4.78 is 10.7. The lowest BCUT2D eigenvalue weighted by molar-refractivity contribution is -0.113. The average Bonchev–Trinajstić information content (AvgIpc) is 2.99. The number of amides is 1. The molecule has 0 N–H and O–H groups in total. The summed E-state index contributed by atoms with van der Waals surface area (Å²) in [6, 6.07) is 15.0. The first-order chi connectivity index (χ1) is 13.2. The van der Waals surface area contributed by atoms with Crippen LogP contribution in [0.1, 0.15) is 19.4 Å². The third-order valence-electron chi connectivity index (χ3n) is 3.93. The van der Waals surface area contributed by atoms with Gasteiger partial charge in [-0.25, -0.2) is 4.99 Å². The van der Waals surface area contributed by atoms with E-state index in [1.165, 1.54) is 0 Å². The van der Waals surface area contributed by atoms with Crippen molar-refractivity contribution in [3.05, 3.63) is 59.8 Å². The lowest BCUT2D eigenvalue weighted by atomic mass is 10.2. The van der Waals surface area contributed by atoms with Crippen molar-refractivity contribution in [1.29, 1.82) is 0 Å². The van der Waals surface area contributed by atoms with E-state index in [2.05, 4.69) is 4.99 Å². The van der Waals surface area contributed by atoms with E-state index in [4.69, 9.17) is 9.47 Å². The number of nitrogens with zero attached hydrogens (tertiary/aromatic N) is 2. The van der Waals surface area contributed by atoms with E-state index in [0.717, 1.165) is 28.5 Å². The minimum Gasteiger partial charge on any atom is -0.497 e. The fourth-order valence-electron chi connectivity index (χ4n) is 2.67. The fourth-order valence-corrected chi connectivity index (χ4v) is 3.40. The van der Waals surface area contributed by atoms with Gasteiger partial charge in [0.05, 0.1) is 19.4 Å². The van der Waals surface area contributed by atoms with E-state index < -0.39 is 0 Å². The number of rotatable bonds is 6. The number of ether oxygens (including phenoxy) is 2. The second kappa shape index (κ2) is 8.77. The van der Waals surface area contributed by atoms with E-state index in [-0.39, 0.29) is 5.91 Å². The zero-order valence-electron chi connectivity index (χ0n) is 15.6. The monoisotopic (exact) mass is 382 g/mol. The van der Waals surface area contributed by atoms with Crippen molar-refractivity contribution in [2.24, 2.45) is 4.99 Å².